The quantitative estimate of drug-likeness (QED) is 0.755. The summed E-state index contributed by atoms with van der Waals surface area (Å²) in [5.41, 5.74) is 2.06. The molecule has 0 radical (unpaired) electrons. The van der Waals surface area contributed by atoms with E-state index in [1.807, 2.05) is 6.07 Å². The van der Waals surface area contributed by atoms with Crippen LogP contribution in [-0.4, -0.2) is 26.4 Å². The summed E-state index contributed by atoms with van der Waals surface area (Å²) in [5.74, 6) is 0.147. The number of hydrogen-bond acceptors (Lipinski definition) is 4. The zero-order valence-electron chi connectivity index (χ0n) is 10.8. The minimum absolute atomic E-state index is 0.147. The molecule has 0 atom stereocenters. The van der Waals surface area contributed by atoms with E-state index in [9.17, 15) is 9.90 Å². The van der Waals surface area contributed by atoms with Gasteiger partial charge < -0.3 is 5.11 Å². The molecule has 3 aromatic rings. The molecule has 0 saturated heterocycles. The van der Waals surface area contributed by atoms with Crippen LogP contribution in [0.2, 0.25) is 5.02 Å². The van der Waals surface area contributed by atoms with E-state index in [1.165, 1.54) is 16.8 Å². The van der Waals surface area contributed by atoms with Crippen molar-refractivity contribution in [2.75, 3.05) is 0 Å². The van der Waals surface area contributed by atoms with E-state index >= 15 is 0 Å². The van der Waals surface area contributed by atoms with Crippen molar-refractivity contribution in [3.63, 3.8) is 0 Å². The van der Waals surface area contributed by atoms with Crippen molar-refractivity contribution < 1.29 is 9.90 Å². The summed E-state index contributed by atoms with van der Waals surface area (Å²) in [4.78, 5) is 11.2. The fourth-order valence-electron chi connectivity index (χ4n) is 2.05. The summed E-state index contributed by atoms with van der Waals surface area (Å²) in [7, 11) is 0. The lowest BCUT2D eigenvalue weighted by Crippen LogP contribution is -2.00. The lowest BCUT2D eigenvalue weighted by atomic mass is 10.1. The second-order valence-corrected chi connectivity index (χ2v) is 4.76. The van der Waals surface area contributed by atoms with Crippen molar-refractivity contribution in [1.82, 2.24) is 15.0 Å². The minimum atomic E-state index is 0.147. The Morgan fingerprint density at radius 1 is 1.10 bits per heavy atom. The zero-order valence-corrected chi connectivity index (χ0v) is 11.5. The summed E-state index contributed by atoms with van der Waals surface area (Å²) in [6.07, 6.45) is 0.641. The predicted molar refractivity (Wildman–Crippen MR) is 78.9 cm³/mol. The Kier molecular flexibility index (Phi) is 3.41. The highest BCUT2D eigenvalue weighted by molar-refractivity contribution is 6.33. The summed E-state index contributed by atoms with van der Waals surface area (Å²) in [6, 6.07) is 13.6. The van der Waals surface area contributed by atoms with Crippen molar-refractivity contribution in [3.05, 3.63) is 59.2 Å². The van der Waals surface area contributed by atoms with Crippen LogP contribution in [0.5, 0.6) is 5.75 Å². The molecule has 21 heavy (non-hydrogen) atoms. The molecule has 2 aromatic carbocycles. The Bertz CT molecular complexity index is 797. The van der Waals surface area contributed by atoms with Gasteiger partial charge in [-0.2, -0.15) is 0 Å². The van der Waals surface area contributed by atoms with Crippen molar-refractivity contribution in [3.8, 4) is 22.7 Å². The number of aldehydes is 1. The number of phenolic OH excluding ortho intramolecular Hbond substituents is 1. The number of benzene rings is 2. The molecule has 1 aromatic heterocycles. The molecule has 0 spiro atoms. The largest absolute Gasteiger partial charge is 0.508 e. The smallest absolute Gasteiger partial charge is 0.172 e. The van der Waals surface area contributed by atoms with E-state index in [2.05, 4.69) is 10.3 Å². The number of nitrogens with zero attached hydrogens (tertiary/aromatic N) is 3. The van der Waals surface area contributed by atoms with Crippen LogP contribution in [0.25, 0.3) is 16.9 Å². The van der Waals surface area contributed by atoms with Crippen molar-refractivity contribution in [2.45, 2.75) is 0 Å². The number of carbonyl (C=O) groups is 1. The van der Waals surface area contributed by atoms with Gasteiger partial charge in [0.05, 0.1) is 10.7 Å². The first kappa shape index (κ1) is 13.3. The topological polar surface area (TPSA) is 68.0 Å². The predicted octanol–water partition coefficient (Wildman–Crippen LogP) is 3.11. The van der Waals surface area contributed by atoms with Gasteiger partial charge in [-0.25, -0.2) is 4.68 Å². The monoisotopic (exact) mass is 299 g/mol. The minimum Gasteiger partial charge on any atom is -0.508 e. The molecule has 104 valence electrons. The summed E-state index contributed by atoms with van der Waals surface area (Å²) in [5, 5.41) is 17.7. The van der Waals surface area contributed by atoms with Gasteiger partial charge in [0.2, 0.25) is 0 Å². The molecule has 0 bridgehead atoms. The van der Waals surface area contributed by atoms with Crippen LogP contribution in [0, 0.1) is 0 Å². The van der Waals surface area contributed by atoms with Crippen LogP contribution < -0.4 is 0 Å². The van der Waals surface area contributed by atoms with Crippen molar-refractivity contribution in [2.24, 2.45) is 0 Å². The lowest BCUT2D eigenvalue weighted by Gasteiger charge is -2.08. The SMILES string of the molecule is O=Cc1nnn(-c2ccc(O)cc2)c1-c1ccccc1Cl. The molecule has 0 fully saturated rings. The normalized spacial score (nSPS) is 10.5. The standard InChI is InChI=1S/C15H10ClN3O2/c16-13-4-2-1-3-12(13)15-14(9-20)17-18-19(15)10-5-7-11(21)8-6-10/h1-9,21H. The third-order valence-corrected chi connectivity index (χ3v) is 3.36. The first-order valence-electron chi connectivity index (χ1n) is 6.16. The number of aromatic nitrogens is 3. The van der Waals surface area contributed by atoms with Crippen LogP contribution in [0.3, 0.4) is 0 Å². The number of phenols is 1. The first-order valence-corrected chi connectivity index (χ1v) is 6.53. The molecule has 0 aliphatic rings. The Labute approximate surface area is 125 Å². The summed E-state index contributed by atoms with van der Waals surface area (Å²) >= 11 is 6.20. The maximum Gasteiger partial charge on any atom is 0.172 e. The fourth-order valence-corrected chi connectivity index (χ4v) is 2.28. The van der Waals surface area contributed by atoms with E-state index in [4.69, 9.17) is 11.6 Å². The van der Waals surface area contributed by atoms with E-state index < -0.39 is 0 Å². The maximum absolute atomic E-state index is 11.2. The van der Waals surface area contributed by atoms with E-state index in [0.717, 1.165) is 0 Å². The number of rotatable bonds is 3. The van der Waals surface area contributed by atoms with E-state index in [0.29, 0.717) is 28.3 Å². The van der Waals surface area contributed by atoms with Gasteiger partial charge in [-0.1, -0.05) is 35.0 Å². The van der Waals surface area contributed by atoms with Crippen LogP contribution in [0.4, 0.5) is 0 Å². The second kappa shape index (κ2) is 5.38. The molecule has 0 unspecified atom stereocenters. The van der Waals surface area contributed by atoms with Gasteiger partial charge in [0.15, 0.2) is 12.0 Å². The van der Waals surface area contributed by atoms with Crippen LogP contribution in [-0.2, 0) is 0 Å². The average molecular weight is 300 g/mol. The van der Waals surface area contributed by atoms with Crippen LogP contribution in [0.15, 0.2) is 48.5 Å². The Hall–Kier alpha value is -2.66. The number of carbonyl (C=O) groups excluding carboxylic acids is 1. The van der Waals surface area contributed by atoms with Gasteiger partial charge in [0.1, 0.15) is 11.4 Å². The first-order chi connectivity index (χ1) is 10.2. The lowest BCUT2D eigenvalue weighted by molar-refractivity contribution is 0.111. The molecule has 0 aliphatic carbocycles. The highest BCUT2D eigenvalue weighted by Crippen LogP contribution is 2.30. The summed E-state index contributed by atoms with van der Waals surface area (Å²) < 4.78 is 1.52. The number of aromatic hydroxyl groups is 1. The van der Waals surface area contributed by atoms with Gasteiger partial charge in [-0.05, 0) is 30.3 Å². The molecular formula is C15H10ClN3O2. The fraction of sp³-hybridized carbons (Fsp3) is 0. The Balaban J connectivity index is 2.24. The highest BCUT2D eigenvalue weighted by atomic mass is 35.5. The maximum atomic E-state index is 11.2. The number of halogens is 1. The molecular weight excluding hydrogens is 290 g/mol. The molecule has 1 N–H and O–H groups in total. The summed E-state index contributed by atoms with van der Waals surface area (Å²) in [6.45, 7) is 0. The van der Waals surface area contributed by atoms with Gasteiger partial charge in [-0.3, -0.25) is 4.79 Å². The van der Waals surface area contributed by atoms with Gasteiger partial charge in [0.25, 0.3) is 0 Å². The highest BCUT2D eigenvalue weighted by Gasteiger charge is 2.17. The third kappa shape index (κ3) is 2.39. The Morgan fingerprint density at radius 3 is 2.48 bits per heavy atom. The molecule has 0 amide bonds. The van der Waals surface area contributed by atoms with Crippen LogP contribution in [0.1, 0.15) is 10.5 Å². The molecule has 0 aliphatic heterocycles. The zero-order chi connectivity index (χ0) is 14.8. The van der Waals surface area contributed by atoms with Gasteiger partial charge >= 0.3 is 0 Å². The van der Waals surface area contributed by atoms with Gasteiger partial charge in [-0.15, -0.1) is 5.10 Å². The molecule has 5 nitrogen and oxygen atoms in total. The van der Waals surface area contributed by atoms with Crippen LogP contribution >= 0.6 is 11.6 Å². The van der Waals surface area contributed by atoms with E-state index in [-0.39, 0.29) is 11.4 Å². The van der Waals surface area contributed by atoms with Gasteiger partial charge in [0, 0.05) is 5.56 Å². The number of hydrogen-bond donors (Lipinski definition) is 1. The molecule has 6 heteroatoms. The van der Waals surface area contributed by atoms with Crippen molar-refractivity contribution in [1.29, 1.82) is 0 Å². The third-order valence-electron chi connectivity index (χ3n) is 3.03. The Morgan fingerprint density at radius 2 is 1.81 bits per heavy atom. The molecule has 1 heterocycles. The second-order valence-electron chi connectivity index (χ2n) is 4.35. The molecule has 0 saturated carbocycles. The molecule has 3 rings (SSSR count). The average Bonchev–Trinajstić information content (AvgIpc) is 2.92. The van der Waals surface area contributed by atoms with Crippen molar-refractivity contribution >= 4 is 17.9 Å². The van der Waals surface area contributed by atoms with E-state index in [1.54, 1.807) is 30.3 Å².